The molecule has 0 radical (unpaired) electrons. The van der Waals surface area contributed by atoms with Gasteiger partial charge in [0.15, 0.2) is 0 Å². The van der Waals surface area contributed by atoms with Gasteiger partial charge in [0, 0.05) is 0 Å². The predicted molar refractivity (Wildman–Crippen MR) is 350 cm³/mol. The molecule has 0 spiro atoms. The summed E-state index contributed by atoms with van der Waals surface area (Å²) in [6.07, 6.45) is 0. The maximum absolute atomic E-state index is 2.51. The lowest BCUT2D eigenvalue weighted by Crippen LogP contribution is -1.91. The van der Waals surface area contributed by atoms with Gasteiger partial charge in [0.1, 0.15) is 0 Å². The molecule has 0 saturated heterocycles. The largest absolute Gasteiger partial charge is 0.0622 e. The Labute approximate surface area is 475 Å². The molecule has 376 valence electrons. The van der Waals surface area contributed by atoms with Crippen LogP contribution < -0.4 is 0 Å². The Morgan fingerprint density at radius 1 is 0.134 bits per heavy atom. The lowest BCUT2D eigenvalue weighted by atomic mass is 9.85. The Morgan fingerprint density at radius 3 is 0.902 bits per heavy atom. The molecule has 0 heteroatoms. The van der Waals surface area contributed by atoms with Crippen molar-refractivity contribution in [3.8, 4) is 111 Å². The van der Waals surface area contributed by atoms with Crippen molar-refractivity contribution in [3.63, 3.8) is 0 Å². The SMILES string of the molecule is c1ccc(-c2ccc3c(c2)c(-c2ccc4ccc(-c5cc6c7ccc(-c8ccccc8)c8c7c(cc6c6ccc(-c7ccccc7)cc56)-c5ccccc5-8)cc4c2)cc2c4ccc(-c5ccccc5)c5c4c(cc32)-c2ccccc2-5)cc1. The van der Waals surface area contributed by atoms with E-state index < -0.39 is 0 Å². The number of benzene rings is 16. The van der Waals surface area contributed by atoms with E-state index >= 15 is 0 Å². The Kier molecular flexibility index (Phi) is 9.61. The number of fused-ring (bicyclic) bond motifs is 15. The molecule has 0 aromatic heterocycles. The summed E-state index contributed by atoms with van der Waals surface area (Å²) in [5.41, 5.74) is 25.2. The van der Waals surface area contributed by atoms with Crippen LogP contribution in [0.3, 0.4) is 0 Å². The summed E-state index contributed by atoms with van der Waals surface area (Å²) in [4.78, 5) is 0. The van der Waals surface area contributed by atoms with Gasteiger partial charge in [-0.3, -0.25) is 0 Å². The molecule has 0 unspecified atom stereocenters. The molecule has 0 amide bonds. The lowest BCUT2D eigenvalue weighted by Gasteiger charge is -2.18. The highest BCUT2D eigenvalue weighted by Gasteiger charge is 2.29. The monoisotopic (exact) mass is 1030 g/mol. The second-order valence-corrected chi connectivity index (χ2v) is 22.6. The van der Waals surface area contributed by atoms with Crippen molar-refractivity contribution in [2.24, 2.45) is 0 Å². The molecule has 0 heterocycles. The maximum Gasteiger partial charge on any atom is -0.00137 e. The van der Waals surface area contributed by atoms with Crippen LogP contribution in [0.2, 0.25) is 0 Å². The van der Waals surface area contributed by atoms with Crippen molar-refractivity contribution in [1.29, 1.82) is 0 Å². The first-order valence-electron chi connectivity index (χ1n) is 28.6. The quantitative estimate of drug-likeness (QED) is 0.146. The van der Waals surface area contributed by atoms with Crippen LogP contribution in [-0.4, -0.2) is 0 Å². The van der Waals surface area contributed by atoms with Crippen molar-refractivity contribution < 1.29 is 0 Å². The minimum atomic E-state index is 1.20. The minimum Gasteiger partial charge on any atom is -0.0622 e. The van der Waals surface area contributed by atoms with E-state index in [9.17, 15) is 0 Å². The third kappa shape index (κ3) is 6.61. The van der Waals surface area contributed by atoms with Gasteiger partial charge in [-0.25, -0.2) is 0 Å². The standard InChI is InChI=1S/C82H48/c1-5-17-49(18-6-1)54-33-35-63-71(43-54)69(45-75-67-39-37-59(52-21-9-3-10-22-52)79-65-27-15-13-25-61(65)77(81(67)79)47-73(63)75)56-31-29-51-30-32-57(42-58(51)41-56)70-46-76-68-40-38-60(53-23-11-4-12-24-53)80-66-28-16-14-26-62(66)78(82(68)80)48-74(76)64-36-34-55(44-72(64)70)50-19-7-2-8-20-50/h1-48H. The fraction of sp³-hybridized carbons (Fsp3) is 0. The van der Waals surface area contributed by atoms with Crippen LogP contribution in [0.5, 0.6) is 0 Å². The topological polar surface area (TPSA) is 0 Å². The van der Waals surface area contributed by atoms with Crippen molar-refractivity contribution in [2.45, 2.75) is 0 Å². The van der Waals surface area contributed by atoms with E-state index in [2.05, 4.69) is 291 Å². The van der Waals surface area contributed by atoms with Crippen LogP contribution in [0.25, 0.3) is 187 Å². The third-order valence-corrected chi connectivity index (χ3v) is 18.3. The summed E-state index contributed by atoms with van der Waals surface area (Å²) < 4.78 is 0. The van der Waals surface area contributed by atoms with Crippen LogP contribution in [0.4, 0.5) is 0 Å². The molecule has 0 bridgehead atoms. The highest BCUT2D eigenvalue weighted by molar-refractivity contribution is 6.32. The van der Waals surface area contributed by atoms with Gasteiger partial charge in [0.2, 0.25) is 0 Å². The van der Waals surface area contributed by atoms with E-state index in [1.807, 2.05) is 0 Å². The molecule has 16 aromatic rings. The highest BCUT2D eigenvalue weighted by atomic mass is 14.3. The van der Waals surface area contributed by atoms with E-state index in [0.29, 0.717) is 0 Å². The zero-order chi connectivity index (χ0) is 53.6. The Hall–Kier alpha value is -10.7. The molecule has 2 aliphatic rings. The molecule has 18 rings (SSSR count). The molecule has 0 fully saturated rings. The summed E-state index contributed by atoms with van der Waals surface area (Å²) in [6, 6.07) is 110. The average molecular weight is 1030 g/mol. The Morgan fingerprint density at radius 2 is 0.476 bits per heavy atom. The number of rotatable bonds is 6. The smallest absolute Gasteiger partial charge is 0.00137 e. The molecular weight excluding hydrogens is 985 g/mol. The maximum atomic E-state index is 2.51. The van der Waals surface area contributed by atoms with Gasteiger partial charge in [-0.2, -0.15) is 0 Å². The van der Waals surface area contributed by atoms with Crippen molar-refractivity contribution in [3.05, 3.63) is 291 Å². The first-order valence-corrected chi connectivity index (χ1v) is 28.6. The van der Waals surface area contributed by atoms with Gasteiger partial charge < -0.3 is 0 Å². The zero-order valence-corrected chi connectivity index (χ0v) is 44.7. The van der Waals surface area contributed by atoms with E-state index in [-0.39, 0.29) is 0 Å². The van der Waals surface area contributed by atoms with Crippen LogP contribution in [0.15, 0.2) is 291 Å². The fourth-order valence-electron chi connectivity index (χ4n) is 14.5. The zero-order valence-electron chi connectivity index (χ0n) is 44.7. The first kappa shape index (κ1) is 45.2. The summed E-state index contributed by atoms with van der Waals surface area (Å²) in [5, 5.41) is 17.8. The van der Waals surface area contributed by atoms with Crippen LogP contribution in [0.1, 0.15) is 0 Å². The second-order valence-electron chi connectivity index (χ2n) is 22.6. The van der Waals surface area contributed by atoms with Crippen LogP contribution >= 0.6 is 0 Å². The van der Waals surface area contributed by atoms with Crippen LogP contribution in [-0.2, 0) is 0 Å². The lowest BCUT2D eigenvalue weighted by molar-refractivity contribution is 1.64. The Bertz CT molecular complexity index is 5070. The summed E-state index contributed by atoms with van der Waals surface area (Å²) in [6.45, 7) is 0. The van der Waals surface area contributed by atoms with Gasteiger partial charge in [-0.15, -0.1) is 0 Å². The molecule has 0 N–H and O–H groups in total. The van der Waals surface area contributed by atoms with Crippen molar-refractivity contribution in [1.82, 2.24) is 0 Å². The third-order valence-electron chi connectivity index (χ3n) is 18.3. The van der Waals surface area contributed by atoms with Gasteiger partial charge in [-0.05, 0) is 235 Å². The number of hydrogen-bond acceptors (Lipinski definition) is 0. The molecule has 2 aliphatic carbocycles. The molecule has 0 saturated carbocycles. The summed E-state index contributed by atoms with van der Waals surface area (Å²) >= 11 is 0. The van der Waals surface area contributed by atoms with Crippen LogP contribution in [0, 0.1) is 0 Å². The van der Waals surface area contributed by atoms with E-state index in [4.69, 9.17) is 0 Å². The molecule has 0 aliphatic heterocycles. The van der Waals surface area contributed by atoms with Gasteiger partial charge in [0.25, 0.3) is 0 Å². The fourth-order valence-corrected chi connectivity index (χ4v) is 14.5. The van der Waals surface area contributed by atoms with Gasteiger partial charge in [-0.1, -0.05) is 243 Å². The summed E-state index contributed by atoms with van der Waals surface area (Å²) in [7, 11) is 0. The van der Waals surface area contributed by atoms with E-state index in [1.165, 1.54) is 187 Å². The second kappa shape index (κ2) is 17.4. The number of hydrogen-bond donors (Lipinski definition) is 0. The minimum absolute atomic E-state index is 1.20. The normalized spacial score (nSPS) is 12.1. The average Bonchev–Trinajstić information content (AvgIpc) is 2.37. The van der Waals surface area contributed by atoms with E-state index in [1.54, 1.807) is 0 Å². The van der Waals surface area contributed by atoms with Crippen molar-refractivity contribution in [2.75, 3.05) is 0 Å². The Balaban J connectivity index is 0.881. The van der Waals surface area contributed by atoms with Gasteiger partial charge >= 0.3 is 0 Å². The van der Waals surface area contributed by atoms with E-state index in [0.717, 1.165) is 0 Å². The molecular formula is C82H48. The highest BCUT2D eigenvalue weighted by Crippen LogP contribution is 2.56. The molecule has 0 nitrogen and oxygen atoms in total. The molecule has 16 aromatic carbocycles. The molecule has 0 atom stereocenters. The predicted octanol–water partition coefficient (Wildman–Crippen LogP) is 23.1. The molecule has 82 heavy (non-hydrogen) atoms. The van der Waals surface area contributed by atoms with Crippen molar-refractivity contribution >= 4 is 75.4 Å². The van der Waals surface area contributed by atoms with Gasteiger partial charge in [0.05, 0.1) is 0 Å². The summed E-state index contributed by atoms with van der Waals surface area (Å²) in [5.74, 6) is 0. The first-order chi connectivity index (χ1) is 40.7.